The van der Waals surface area contributed by atoms with Crippen molar-refractivity contribution >= 4 is 11.9 Å². The molecular weight excluding hydrogens is 283 g/mol. The molecule has 1 aromatic heterocycles. The number of hydrogen-bond donors (Lipinski definition) is 0. The summed E-state index contributed by atoms with van der Waals surface area (Å²) in [5.41, 5.74) is -2.42. The summed E-state index contributed by atoms with van der Waals surface area (Å²) in [6, 6.07) is 0. The van der Waals surface area contributed by atoms with Crippen LogP contribution in [-0.2, 0) is 27.0 Å². The molecule has 7 nitrogen and oxygen atoms in total. The summed E-state index contributed by atoms with van der Waals surface area (Å²) >= 11 is 0. The first-order valence-electron chi connectivity index (χ1n) is 5.64. The van der Waals surface area contributed by atoms with Crippen molar-refractivity contribution in [1.82, 2.24) is 15.0 Å². The third-order valence-electron chi connectivity index (χ3n) is 2.06. The van der Waals surface area contributed by atoms with Gasteiger partial charge in [0.2, 0.25) is 5.69 Å². The number of rotatable bonds is 5. The van der Waals surface area contributed by atoms with Crippen LogP contribution in [0, 0.1) is 0 Å². The van der Waals surface area contributed by atoms with Gasteiger partial charge in [0.05, 0.1) is 13.2 Å². The monoisotopic (exact) mass is 295 g/mol. The van der Waals surface area contributed by atoms with E-state index >= 15 is 0 Å². The van der Waals surface area contributed by atoms with E-state index < -0.39 is 36.0 Å². The Morgan fingerprint density at radius 1 is 1.20 bits per heavy atom. The Hall–Kier alpha value is -2.13. The van der Waals surface area contributed by atoms with Crippen molar-refractivity contribution in [3.05, 3.63) is 11.4 Å². The van der Waals surface area contributed by atoms with E-state index in [1.807, 2.05) is 0 Å². The van der Waals surface area contributed by atoms with Gasteiger partial charge in [0.25, 0.3) is 0 Å². The van der Waals surface area contributed by atoms with Crippen molar-refractivity contribution in [2.45, 2.75) is 26.6 Å². The topological polar surface area (TPSA) is 83.3 Å². The van der Waals surface area contributed by atoms with Gasteiger partial charge in [0, 0.05) is 0 Å². The predicted molar refractivity (Wildman–Crippen MR) is 57.6 cm³/mol. The third-order valence-corrected chi connectivity index (χ3v) is 2.06. The number of esters is 2. The number of carbonyl (C=O) groups excluding carboxylic acids is 2. The Labute approximate surface area is 111 Å². The molecule has 0 saturated heterocycles. The zero-order valence-corrected chi connectivity index (χ0v) is 10.7. The van der Waals surface area contributed by atoms with Crippen LogP contribution in [0.4, 0.5) is 13.2 Å². The number of ether oxygens (including phenoxy) is 2. The summed E-state index contributed by atoms with van der Waals surface area (Å²) in [6.07, 6.45) is -4.90. The zero-order chi connectivity index (χ0) is 15.3. The lowest BCUT2D eigenvalue weighted by atomic mass is 10.3. The SMILES string of the molecule is CCOC(=O)Cn1nnc(C(=O)OCC)c1C(F)(F)F. The van der Waals surface area contributed by atoms with Gasteiger partial charge in [-0.3, -0.25) is 4.79 Å². The Morgan fingerprint density at radius 2 is 1.80 bits per heavy atom. The highest BCUT2D eigenvalue weighted by molar-refractivity contribution is 5.88. The van der Waals surface area contributed by atoms with Crippen LogP contribution < -0.4 is 0 Å². The highest BCUT2D eigenvalue weighted by Crippen LogP contribution is 2.31. The normalized spacial score (nSPS) is 11.2. The Kier molecular flexibility index (Phi) is 5.06. The fourth-order valence-electron chi connectivity index (χ4n) is 1.37. The maximum atomic E-state index is 12.9. The fourth-order valence-corrected chi connectivity index (χ4v) is 1.37. The number of alkyl halides is 3. The van der Waals surface area contributed by atoms with E-state index in [0.717, 1.165) is 0 Å². The van der Waals surface area contributed by atoms with Gasteiger partial charge in [-0.25, -0.2) is 9.48 Å². The summed E-state index contributed by atoms with van der Waals surface area (Å²) < 4.78 is 48.0. The Bertz CT molecular complexity index is 498. The molecule has 1 aromatic rings. The summed E-state index contributed by atoms with van der Waals surface area (Å²) in [5, 5.41) is 6.28. The van der Waals surface area contributed by atoms with E-state index in [1.165, 1.54) is 13.8 Å². The molecule has 0 radical (unpaired) electrons. The van der Waals surface area contributed by atoms with E-state index in [2.05, 4.69) is 19.8 Å². The first-order chi connectivity index (χ1) is 9.31. The molecule has 0 bridgehead atoms. The fraction of sp³-hybridized carbons (Fsp3) is 0.600. The summed E-state index contributed by atoms with van der Waals surface area (Å²) in [5.74, 6) is -2.17. The predicted octanol–water partition coefficient (Wildman–Crippen LogP) is 1.04. The van der Waals surface area contributed by atoms with Gasteiger partial charge in [0.1, 0.15) is 6.54 Å². The molecule has 112 valence electrons. The second-order valence-electron chi connectivity index (χ2n) is 3.47. The van der Waals surface area contributed by atoms with Crippen molar-refractivity contribution < 1.29 is 32.2 Å². The van der Waals surface area contributed by atoms with Crippen LogP contribution in [0.2, 0.25) is 0 Å². The van der Waals surface area contributed by atoms with Gasteiger partial charge >= 0.3 is 18.1 Å². The van der Waals surface area contributed by atoms with Crippen LogP contribution in [0.25, 0.3) is 0 Å². The molecule has 1 rings (SSSR count). The molecule has 0 N–H and O–H groups in total. The minimum absolute atomic E-state index is 0.0135. The molecule has 0 unspecified atom stereocenters. The van der Waals surface area contributed by atoms with Crippen molar-refractivity contribution in [3.8, 4) is 0 Å². The van der Waals surface area contributed by atoms with Gasteiger partial charge in [-0.05, 0) is 13.8 Å². The van der Waals surface area contributed by atoms with Crippen molar-refractivity contribution in [2.75, 3.05) is 13.2 Å². The summed E-state index contributed by atoms with van der Waals surface area (Å²) in [7, 11) is 0. The maximum Gasteiger partial charge on any atom is 0.435 e. The number of carbonyl (C=O) groups is 2. The van der Waals surface area contributed by atoms with Crippen LogP contribution >= 0.6 is 0 Å². The zero-order valence-electron chi connectivity index (χ0n) is 10.7. The highest BCUT2D eigenvalue weighted by atomic mass is 19.4. The van der Waals surface area contributed by atoms with Crippen LogP contribution in [0.15, 0.2) is 0 Å². The Morgan fingerprint density at radius 3 is 2.30 bits per heavy atom. The molecule has 0 aliphatic rings. The molecule has 10 heteroatoms. The van der Waals surface area contributed by atoms with Gasteiger partial charge in [0.15, 0.2) is 5.69 Å². The largest absolute Gasteiger partial charge is 0.465 e. The van der Waals surface area contributed by atoms with Crippen LogP contribution in [0.3, 0.4) is 0 Å². The number of hydrogen-bond acceptors (Lipinski definition) is 6. The molecule has 1 heterocycles. The van der Waals surface area contributed by atoms with Crippen LogP contribution in [0.5, 0.6) is 0 Å². The third kappa shape index (κ3) is 3.68. The molecule has 0 atom stereocenters. The highest BCUT2D eigenvalue weighted by Gasteiger charge is 2.42. The maximum absolute atomic E-state index is 12.9. The number of aromatic nitrogens is 3. The van der Waals surface area contributed by atoms with E-state index in [-0.39, 0.29) is 17.9 Å². The minimum atomic E-state index is -4.90. The Balaban J connectivity index is 3.13. The lowest BCUT2D eigenvalue weighted by Gasteiger charge is -2.10. The number of halogens is 3. The smallest absolute Gasteiger partial charge is 0.435 e. The minimum Gasteiger partial charge on any atom is -0.465 e. The van der Waals surface area contributed by atoms with E-state index in [4.69, 9.17) is 0 Å². The lowest BCUT2D eigenvalue weighted by Crippen LogP contribution is -2.23. The molecule has 0 aromatic carbocycles. The molecule has 0 aliphatic heterocycles. The average molecular weight is 295 g/mol. The van der Waals surface area contributed by atoms with Crippen LogP contribution in [-0.4, -0.2) is 40.1 Å². The molecular formula is C10H12F3N3O4. The molecule has 0 fully saturated rings. The quantitative estimate of drug-likeness (QED) is 0.755. The summed E-state index contributed by atoms with van der Waals surface area (Å²) in [6.45, 7) is 2.05. The average Bonchev–Trinajstić information content (AvgIpc) is 2.73. The molecule has 0 aliphatic carbocycles. The second-order valence-corrected chi connectivity index (χ2v) is 3.47. The van der Waals surface area contributed by atoms with Crippen LogP contribution in [0.1, 0.15) is 30.0 Å². The first-order valence-corrected chi connectivity index (χ1v) is 5.64. The molecule has 0 spiro atoms. The van der Waals surface area contributed by atoms with Gasteiger partial charge in [-0.2, -0.15) is 13.2 Å². The molecule has 0 saturated carbocycles. The lowest BCUT2D eigenvalue weighted by molar-refractivity contribution is -0.149. The van der Waals surface area contributed by atoms with E-state index in [0.29, 0.717) is 0 Å². The second kappa shape index (κ2) is 6.35. The van der Waals surface area contributed by atoms with Crippen molar-refractivity contribution in [1.29, 1.82) is 0 Å². The standard InChI is InChI=1S/C10H12F3N3O4/c1-3-19-6(17)5-16-8(10(11,12)13)7(14-15-16)9(18)20-4-2/h3-5H2,1-2H3. The number of nitrogens with zero attached hydrogens (tertiary/aromatic N) is 3. The van der Waals surface area contributed by atoms with Gasteiger partial charge in [-0.1, -0.05) is 5.21 Å². The van der Waals surface area contributed by atoms with Crippen molar-refractivity contribution in [2.24, 2.45) is 0 Å². The van der Waals surface area contributed by atoms with Gasteiger partial charge < -0.3 is 9.47 Å². The van der Waals surface area contributed by atoms with E-state index in [9.17, 15) is 22.8 Å². The molecule has 0 amide bonds. The van der Waals surface area contributed by atoms with Crippen molar-refractivity contribution in [3.63, 3.8) is 0 Å². The molecule has 20 heavy (non-hydrogen) atoms. The summed E-state index contributed by atoms with van der Waals surface area (Å²) in [4.78, 5) is 22.6. The first kappa shape index (κ1) is 15.9. The van der Waals surface area contributed by atoms with E-state index in [1.54, 1.807) is 0 Å². The van der Waals surface area contributed by atoms with Gasteiger partial charge in [-0.15, -0.1) is 5.10 Å².